The fourth-order valence-corrected chi connectivity index (χ4v) is 2.43. The van der Waals surface area contributed by atoms with Gasteiger partial charge in [0.2, 0.25) is 5.95 Å². The summed E-state index contributed by atoms with van der Waals surface area (Å²) >= 11 is 3.47. The second-order valence-corrected chi connectivity index (χ2v) is 4.97. The molecule has 90 valence electrons. The van der Waals surface area contributed by atoms with E-state index in [1.165, 1.54) is 5.56 Å². The molecule has 0 saturated heterocycles. The molecule has 0 radical (unpaired) electrons. The highest BCUT2D eigenvalue weighted by Crippen LogP contribution is 2.19. The third-order valence-electron chi connectivity index (χ3n) is 2.81. The van der Waals surface area contributed by atoms with Crippen molar-refractivity contribution in [3.05, 3.63) is 52.8 Å². The van der Waals surface area contributed by atoms with Gasteiger partial charge in [-0.25, -0.2) is 4.98 Å². The zero-order chi connectivity index (χ0) is 12.5. The van der Waals surface area contributed by atoms with E-state index in [2.05, 4.69) is 38.0 Å². The van der Waals surface area contributed by atoms with Gasteiger partial charge >= 0.3 is 0 Å². The Bertz CT molecular complexity index is 705. The molecule has 4 nitrogen and oxygen atoms in total. The summed E-state index contributed by atoms with van der Waals surface area (Å²) < 4.78 is 3.04. The van der Waals surface area contributed by atoms with Crippen LogP contribution in [0.4, 0.5) is 5.95 Å². The van der Waals surface area contributed by atoms with Crippen molar-refractivity contribution in [3.8, 4) is 0 Å². The van der Waals surface area contributed by atoms with Gasteiger partial charge in [-0.2, -0.15) is 0 Å². The fourth-order valence-electron chi connectivity index (χ4n) is 1.98. The van der Waals surface area contributed by atoms with Crippen LogP contribution < -0.4 is 5.73 Å². The third kappa shape index (κ3) is 1.97. The number of anilines is 1. The van der Waals surface area contributed by atoms with Gasteiger partial charge in [-0.05, 0) is 23.8 Å². The van der Waals surface area contributed by atoms with E-state index < -0.39 is 0 Å². The number of fused-ring (bicyclic) bond motifs is 1. The van der Waals surface area contributed by atoms with Gasteiger partial charge < -0.3 is 10.3 Å². The van der Waals surface area contributed by atoms with E-state index in [-0.39, 0.29) is 0 Å². The van der Waals surface area contributed by atoms with Crippen LogP contribution in [0.3, 0.4) is 0 Å². The standard InChI is InChI=1S/C13H11BrN4/c14-10-3-1-2-9(6-10)8-18-12-4-5-16-7-11(12)17-13(18)15/h1-7H,8H2,(H2,15,17). The first-order chi connectivity index (χ1) is 8.74. The number of rotatable bonds is 2. The van der Waals surface area contributed by atoms with Crippen molar-refractivity contribution in [2.75, 3.05) is 5.73 Å². The van der Waals surface area contributed by atoms with Gasteiger partial charge in [0.25, 0.3) is 0 Å². The first kappa shape index (κ1) is 11.2. The Morgan fingerprint density at radius 1 is 1.28 bits per heavy atom. The molecule has 0 aliphatic carbocycles. The molecule has 2 aromatic heterocycles. The largest absolute Gasteiger partial charge is 0.369 e. The molecule has 5 heteroatoms. The topological polar surface area (TPSA) is 56.7 Å². The van der Waals surface area contributed by atoms with Gasteiger partial charge in [-0.3, -0.25) is 4.98 Å². The number of hydrogen-bond donors (Lipinski definition) is 1. The van der Waals surface area contributed by atoms with Gasteiger partial charge in [0.05, 0.1) is 18.3 Å². The molecule has 2 N–H and O–H groups in total. The number of pyridine rings is 1. The first-order valence-electron chi connectivity index (χ1n) is 5.54. The van der Waals surface area contributed by atoms with E-state index in [0.717, 1.165) is 15.5 Å². The number of halogens is 1. The van der Waals surface area contributed by atoms with Crippen molar-refractivity contribution in [2.45, 2.75) is 6.54 Å². The van der Waals surface area contributed by atoms with Crippen LogP contribution in [0.25, 0.3) is 11.0 Å². The highest BCUT2D eigenvalue weighted by molar-refractivity contribution is 9.10. The van der Waals surface area contributed by atoms with Crippen molar-refractivity contribution in [2.24, 2.45) is 0 Å². The number of nitrogens with zero attached hydrogens (tertiary/aromatic N) is 3. The molecule has 0 aliphatic rings. The average Bonchev–Trinajstić information content (AvgIpc) is 2.66. The summed E-state index contributed by atoms with van der Waals surface area (Å²) in [6.45, 7) is 0.700. The summed E-state index contributed by atoms with van der Waals surface area (Å²) in [4.78, 5) is 8.35. The van der Waals surface area contributed by atoms with Crippen molar-refractivity contribution < 1.29 is 0 Å². The lowest BCUT2D eigenvalue weighted by Crippen LogP contribution is -2.04. The maximum Gasteiger partial charge on any atom is 0.201 e. The lowest BCUT2D eigenvalue weighted by atomic mass is 10.2. The molecule has 0 unspecified atom stereocenters. The monoisotopic (exact) mass is 302 g/mol. The van der Waals surface area contributed by atoms with Crippen LogP contribution in [0.15, 0.2) is 47.2 Å². The highest BCUT2D eigenvalue weighted by Gasteiger charge is 2.08. The van der Waals surface area contributed by atoms with E-state index in [1.807, 2.05) is 22.8 Å². The Morgan fingerprint density at radius 2 is 2.17 bits per heavy atom. The number of nitrogens with two attached hydrogens (primary N) is 1. The Morgan fingerprint density at radius 3 is 3.00 bits per heavy atom. The van der Waals surface area contributed by atoms with Crippen LogP contribution in [0.1, 0.15) is 5.56 Å². The summed E-state index contributed by atoms with van der Waals surface area (Å²) in [6, 6.07) is 10.1. The molecule has 0 saturated carbocycles. The molecule has 0 bridgehead atoms. The normalized spacial score (nSPS) is 10.9. The van der Waals surface area contributed by atoms with Crippen LogP contribution >= 0.6 is 15.9 Å². The molecule has 0 spiro atoms. The molecule has 0 fully saturated rings. The summed E-state index contributed by atoms with van der Waals surface area (Å²) in [7, 11) is 0. The van der Waals surface area contributed by atoms with E-state index >= 15 is 0 Å². The van der Waals surface area contributed by atoms with Crippen molar-refractivity contribution >= 4 is 32.9 Å². The molecule has 0 aliphatic heterocycles. The van der Waals surface area contributed by atoms with Gasteiger partial charge in [-0.15, -0.1) is 0 Å². The van der Waals surface area contributed by atoms with Crippen LogP contribution in [0.5, 0.6) is 0 Å². The molecule has 0 atom stereocenters. The van der Waals surface area contributed by atoms with E-state index in [1.54, 1.807) is 12.4 Å². The van der Waals surface area contributed by atoms with E-state index in [4.69, 9.17) is 5.73 Å². The Labute approximate surface area is 113 Å². The van der Waals surface area contributed by atoms with E-state index in [9.17, 15) is 0 Å². The first-order valence-corrected chi connectivity index (χ1v) is 6.33. The lowest BCUT2D eigenvalue weighted by Gasteiger charge is -2.06. The predicted molar refractivity (Wildman–Crippen MR) is 75.2 cm³/mol. The van der Waals surface area contributed by atoms with Gasteiger partial charge in [-0.1, -0.05) is 28.1 Å². The molecular weight excluding hydrogens is 292 g/mol. The smallest absolute Gasteiger partial charge is 0.201 e. The zero-order valence-electron chi connectivity index (χ0n) is 9.55. The lowest BCUT2D eigenvalue weighted by molar-refractivity contribution is 0.837. The fraction of sp³-hybridized carbons (Fsp3) is 0.0769. The van der Waals surface area contributed by atoms with Crippen LogP contribution in [-0.4, -0.2) is 14.5 Å². The predicted octanol–water partition coefficient (Wildman–Crippen LogP) is 2.82. The summed E-state index contributed by atoms with van der Waals surface area (Å²) in [5, 5.41) is 0. The average molecular weight is 303 g/mol. The maximum atomic E-state index is 5.95. The minimum atomic E-state index is 0.512. The van der Waals surface area contributed by atoms with Gasteiger partial charge in [0.1, 0.15) is 5.52 Å². The number of imidazole rings is 1. The quantitative estimate of drug-likeness (QED) is 0.792. The Hall–Kier alpha value is -1.88. The summed E-state index contributed by atoms with van der Waals surface area (Å²) in [5.74, 6) is 0.512. The van der Waals surface area contributed by atoms with E-state index in [0.29, 0.717) is 12.5 Å². The second kappa shape index (κ2) is 4.42. The number of nitrogen functional groups attached to an aromatic ring is 1. The highest BCUT2D eigenvalue weighted by atomic mass is 79.9. The Balaban J connectivity index is 2.07. The number of hydrogen-bond acceptors (Lipinski definition) is 3. The van der Waals surface area contributed by atoms with Crippen LogP contribution in [-0.2, 0) is 6.54 Å². The van der Waals surface area contributed by atoms with Crippen LogP contribution in [0.2, 0.25) is 0 Å². The van der Waals surface area contributed by atoms with Gasteiger partial charge in [0, 0.05) is 10.7 Å². The molecule has 1 aromatic carbocycles. The summed E-state index contributed by atoms with van der Waals surface area (Å²) in [6.07, 6.45) is 3.48. The molecule has 3 rings (SSSR count). The SMILES string of the molecule is Nc1nc2cnccc2n1Cc1cccc(Br)c1. The second-order valence-electron chi connectivity index (χ2n) is 4.05. The zero-order valence-corrected chi connectivity index (χ0v) is 11.1. The third-order valence-corrected chi connectivity index (χ3v) is 3.30. The minimum Gasteiger partial charge on any atom is -0.369 e. The van der Waals surface area contributed by atoms with Gasteiger partial charge in [0.15, 0.2) is 0 Å². The molecule has 18 heavy (non-hydrogen) atoms. The number of aromatic nitrogens is 3. The molecule has 3 aromatic rings. The van der Waals surface area contributed by atoms with Crippen molar-refractivity contribution in [1.82, 2.24) is 14.5 Å². The maximum absolute atomic E-state index is 5.95. The Kier molecular flexibility index (Phi) is 2.76. The molecule has 2 heterocycles. The molecular formula is C13H11BrN4. The van der Waals surface area contributed by atoms with Crippen molar-refractivity contribution in [3.63, 3.8) is 0 Å². The summed E-state index contributed by atoms with van der Waals surface area (Å²) in [5.41, 5.74) is 8.95. The van der Waals surface area contributed by atoms with Crippen LogP contribution in [0, 0.1) is 0 Å². The number of benzene rings is 1. The van der Waals surface area contributed by atoms with Crippen molar-refractivity contribution in [1.29, 1.82) is 0 Å². The minimum absolute atomic E-state index is 0.512. The molecule has 0 amide bonds.